The number of rotatable bonds is 6. The summed E-state index contributed by atoms with van der Waals surface area (Å²) < 4.78 is 10.2. The van der Waals surface area contributed by atoms with E-state index in [1.54, 1.807) is 6.92 Å². The van der Waals surface area contributed by atoms with Gasteiger partial charge in [0.2, 0.25) is 0 Å². The van der Waals surface area contributed by atoms with Crippen LogP contribution in [0.25, 0.3) is 0 Å². The minimum absolute atomic E-state index is 0.198. The molecule has 0 saturated carbocycles. The van der Waals surface area contributed by atoms with Gasteiger partial charge in [0.05, 0.1) is 31.2 Å². The summed E-state index contributed by atoms with van der Waals surface area (Å²) in [5, 5.41) is 5.61. The van der Waals surface area contributed by atoms with Gasteiger partial charge in [-0.15, -0.1) is 0 Å². The van der Waals surface area contributed by atoms with Gasteiger partial charge in [0.1, 0.15) is 0 Å². The highest BCUT2D eigenvalue weighted by Gasteiger charge is 2.35. The van der Waals surface area contributed by atoms with Crippen molar-refractivity contribution in [2.45, 2.75) is 32.7 Å². The van der Waals surface area contributed by atoms with Crippen LogP contribution in [0.4, 0.5) is 4.79 Å². The van der Waals surface area contributed by atoms with Crippen LogP contribution in [0.15, 0.2) is 35.5 Å². The van der Waals surface area contributed by atoms with Crippen LogP contribution in [0.5, 0.6) is 0 Å². The number of methoxy groups -OCH3 is 1. The summed E-state index contributed by atoms with van der Waals surface area (Å²) >= 11 is 0. The third kappa shape index (κ3) is 4.99. The summed E-state index contributed by atoms with van der Waals surface area (Å²) in [5.74, 6) is -0.899. The molecule has 1 aromatic carbocycles. The van der Waals surface area contributed by atoms with Crippen LogP contribution >= 0.6 is 0 Å². The molecule has 2 aliphatic rings. The predicted molar refractivity (Wildman–Crippen MR) is 110 cm³/mol. The molecule has 1 fully saturated rings. The quantitative estimate of drug-likeness (QED) is 0.691. The van der Waals surface area contributed by atoms with Gasteiger partial charge in [0, 0.05) is 18.8 Å². The number of carbonyl (C=O) groups excluding carboxylic acids is 3. The Bertz CT molecular complexity index is 834. The van der Waals surface area contributed by atoms with Gasteiger partial charge in [0.25, 0.3) is 0 Å². The zero-order valence-corrected chi connectivity index (χ0v) is 17.7. The van der Waals surface area contributed by atoms with Crippen molar-refractivity contribution in [1.82, 2.24) is 15.5 Å². The molecular formula is C22H29N3O5. The van der Waals surface area contributed by atoms with E-state index in [4.69, 9.17) is 9.47 Å². The molecule has 0 aliphatic carbocycles. The molecule has 1 aromatic rings. The zero-order chi connectivity index (χ0) is 21.7. The van der Waals surface area contributed by atoms with E-state index >= 15 is 0 Å². The fraction of sp³-hybridized carbons (Fsp3) is 0.500. The lowest BCUT2D eigenvalue weighted by atomic mass is 9.93. The first-order valence-electron chi connectivity index (χ1n) is 10.3. The normalized spacial score (nSPS) is 22.2. The first kappa shape index (κ1) is 21.8. The number of carbonyl (C=O) groups is 3. The van der Waals surface area contributed by atoms with E-state index in [1.807, 2.05) is 31.2 Å². The van der Waals surface area contributed by atoms with E-state index in [9.17, 15) is 14.4 Å². The van der Waals surface area contributed by atoms with Gasteiger partial charge in [0.15, 0.2) is 0 Å². The Hall–Kier alpha value is -2.87. The molecule has 0 bridgehead atoms. The Morgan fingerprint density at radius 1 is 1.23 bits per heavy atom. The SMILES string of the molecule is CCOC(=O)[C@@H]1CCCN(CC2=C(C(=O)OC)[C@H](c3ccc(C)cc3)NC(=O)N2)C1. The second-order valence-electron chi connectivity index (χ2n) is 7.65. The molecule has 0 spiro atoms. The lowest BCUT2D eigenvalue weighted by Crippen LogP contribution is -2.49. The maximum atomic E-state index is 12.7. The summed E-state index contributed by atoms with van der Waals surface area (Å²) in [6.07, 6.45) is 1.62. The molecule has 8 heteroatoms. The third-order valence-electron chi connectivity index (χ3n) is 5.48. The Morgan fingerprint density at radius 2 is 1.97 bits per heavy atom. The summed E-state index contributed by atoms with van der Waals surface area (Å²) in [4.78, 5) is 39.3. The van der Waals surface area contributed by atoms with E-state index in [-0.39, 0.29) is 17.9 Å². The number of aryl methyl sites for hydroxylation is 1. The molecule has 2 aliphatic heterocycles. The number of hydrogen-bond donors (Lipinski definition) is 2. The molecule has 8 nitrogen and oxygen atoms in total. The van der Waals surface area contributed by atoms with Gasteiger partial charge >= 0.3 is 18.0 Å². The van der Waals surface area contributed by atoms with Crippen LogP contribution in [0.3, 0.4) is 0 Å². The monoisotopic (exact) mass is 415 g/mol. The molecule has 0 aromatic heterocycles. The van der Waals surface area contributed by atoms with Gasteiger partial charge in [-0.1, -0.05) is 29.8 Å². The number of ether oxygens (including phenoxy) is 2. The average Bonchev–Trinajstić information content (AvgIpc) is 2.74. The number of piperidine rings is 1. The summed E-state index contributed by atoms with van der Waals surface area (Å²) in [7, 11) is 1.33. The minimum Gasteiger partial charge on any atom is -0.466 e. The molecule has 3 rings (SSSR count). The van der Waals surface area contributed by atoms with Crippen molar-refractivity contribution in [2.24, 2.45) is 5.92 Å². The number of esters is 2. The molecule has 30 heavy (non-hydrogen) atoms. The van der Waals surface area contributed by atoms with E-state index in [1.165, 1.54) is 7.11 Å². The molecule has 2 N–H and O–H groups in total. The topological polar surface area (TPSA) is 97.0 Å². The van der Waals surface area contributed by atoms with Gasteiger partial charge < -0.3 is 20.1 Å². The highest BCUT2D eigenvalue weighted by molar-refractivity contribution is 5.95. The van der Waals surface area contributed by atoms with E-state index in [0.29, 0.717) is 31.0 Å². The zero-order valence-electron chi connectivity index (χ0n) is 17.7. The molecule has 0 unspecified atom stereocenters. The first-order valence-corrected chi connectivity index (χ1v) is 10.3. The largest absolute Gasteiger partial charge is 0.466 e. The number of amides is 2. The average molecular weight is 415 g/mol. The van der Waals surface area contributed by atoms with Crippen LogP contribution in [0.1, 0.15) is 36.9 Å². The molecule has 2 amide bonds. The van der Waals surface area contributed by atoms with E-state index < -0.39 is 12.0 Å². The summed E-state index contributed by atoms with van der Waals surface area (Å²) in [6, 6.07) is 6.68. The molecule has 2 atom stereocenters. The third-order valence-corrected chi connectivity index (χ3v) is 5.48. The first-order chi connectivity index (χ1) is 14.4. The Balaban J connectivity index is 1.88. The molecule has 0 radical (unpaired) electrons. The number of nitrogens with one attached hydrogen (secondary N) is 2. The fourth-order valence-corrected chi connectivity index (χ4v) is 3.98. The van der Waals surface area contributed by atoms with Gasteiger partial charge in [-0.05, 0) is 38.8 Å². The van der Waals surface area contributed by atoms with Crippen molar-refractivity contribution in [3.63, 3.8) is 0 Å². The van der Waals surface area contributed by atoms with Crippen molar-refractivity contribution in [3.8, 4) is 0 Å². The minimum atomic E-state index is -0.604. The van der Waals surface area contributed by atoms with Crippen LogP contribution < -0.4 is 10.6 Å². The van der Waals surface area contributed by atoms with Crippen LogP contribution in [0.2, 0.25) is 0 Å². The number of nitrogens with zero attached hydrogens (tertiary/aromatic N) is 1. The maximum absolute atomic E-state index is 12.7. The maximum Gasteiger partial charge on any atom is 0.338 e. The van der Waals surface area contributed by atoms with Crippen molar-refractivity contribution < 1.29 is 23.9 Å². The lowest BCUT2D eigenvalue weighted by molar-refractivity contribution is -0.150. The summed E-state index contributed by atoms with van der Waals surface area (Å²) in [6.45, 7) is 5.76. The smallest absolute Gasteiger partial charge is 0.338 e. The van der Waals surface area contributed by atoms with Gasteiger partial charge in [-0.2, -0.15) is 0 Å². The van der Waals surface area contributed by atoms with Gasteiger partial charge in [-0.25, -0.2) is 9.59 Å². The predicted octanol–water partition coefficient (Wildman–Crippen LogP) is 2.05. The van der Waals surface area contributed by atoms with Gasteiger partial charge in [-0.3, -0.25) is 9.69 Å². The van der Waals surface area contributed by atoms with E-state index in [0.717, 1.165) is 30.5 Å². The van der Waals surface area contributed by atoms with Crippen LogP contribution in [-0.2, 0) is 19.1 Å². The van der Waals surface area contributed by atoms with Crippen molar-refractivity contribution in [3.05, 3.63) is 46.7 Å². The Kier molecular flexibility index (Phi) is 7.10. The second kappa shape index (κ2) is 9.75. The van der Waals surface area contributed by atoms with Crippen LogP contribution in [0, 0.1) is 12.8 Å². The highest BCUT2D eigenvalue weighted by atomic mass is 16.5. The second-order valence-corrected chi connectivity index (χ2v) is 7.65. The Morgan fingerprint density at radius 3 is 2.63 bits per heavy atom. The summed E-state index contributed by atoms with van der Waals surface area (Å²) in [5.41, 5.74) is 2.76. The van der Waals surface area contributed by atoms with E-state index in [2.05, 4.69) is 15.5 Å². The standard InChI is InChI=1S/C22H29N3O5/c1-4-30-20(26)16-6-5-11-25(12-16)13-17-18(21(27)29-3)19(24-22(28)23-17)15-9-7-14(2)8-10-15/h7-10,16,19H,4-6,11-13H2,1-3H3,(H2,23,24,28)/t16-,19+/m1/s1. The lowest BCUT2D eigenvalue weighted by Gasteiger charge is -2.35. The number of urea groups is 1. The fourth-order valence-electron chi connectivity index (χ4n) is 3.98. The molecule has 1 saturated heterocycles. The van der Waals surface area contributed by atoms with Crippen molar-refractivity contribution in [2.75, 3.05) is 33.4 Å². The highest BCUT2D eigenvalue weighted by Crippen LogP contribution is 2.29. The number of benzene rings is 1. The molecule has 2 heterocycles. The van der Waals surface area contributed by atoms with Crippen molar-refractivity contribution >= 4 is 18.0 Å². The van der Waals surface area contributed by atoms with Crippen molar-refractivity contribution in [1.29, 1.82) is 0 Å². The number of hydrogen-bond acceptors (Lipinski definition) is 6. The Labute approximate surface area is 176 Å². The van der Waals surface area contributed by atoms with Crippen LogP contribution in [-0.4, -0.2) is 56.2 Å². The number of likely N-dealkylation sites (tertiary alicyclic amines) is 1. The molecular weight excluding hydrogens is 386 g/mol. The molecule has 162 valence electrons.